The molecule has 2 aromatic carbocycles. The minimum atomic E-state index is -0.157. The number of thiazole rings is 1. The van der Waals surface area contributed by atoms with E-state index in [1.807, 2.05) is 36.4 Å². The molecule has 5 aromatic rings. The van der Waals surface area contributed by atoms with Gasteiger partial charge in [-0.2, -0.15) is 0 Å². The van der Waals surface area contributed by atoms with Crippen molar-refractivity contribution >= 4 is 34.6 Å². The van der Waals surface area contributed by atoms with Gasteiger partial charge in [0.25, 0.3) is 0 Å². The smallest absolute Gasteiger partial charge is 0.161 e. The number of hydrogen-bond donors (Lipinski definition) is 4. The molecule has 0 bridgehead atoms. The van der Waals surface area contributed by atoms with Crippen LogP contribution >= 0.6 is 11.3 Å². The van der Waals surface area contributed by atoms with Crippen LogP contribution in [0.4, 0.5) is 23.3 Å². The first-order valence-corrected chi connectivity index (χ1v) is 16.9. The summed E-state index contributed by atoms with van der Waals surface area (Å²) in [6.07, 6.45) is 1.46. The van der Waals surface area contributed by atoms with E-state index in [9.17, 15) is 0 Å². The van der Waals surface area contributed by atoms with Crippen LogP contribution in [0.3, 0.4) is 0 Å². The first-order valence-electron chi connectivity index (χ1n) is 16.1. The maximum absolute atomic E-state index is 6.10. The van der Waals surface area contributed by atoms with Crippen molar-refractivity contribution in [3.05, 3.63) is 88.4 Å². The average molecular weight is 702 g/mol. The van der Waals surface area contributed by atoms with E-state index in [0.717, 1.165) is 26.7 Å². The van der Waals surface area contributed by atoms with Crippen LogP contribution in [0.1, 0.15) is 33.7 Å². The van der Waals surface area contributed by atoms with Gasteiger partial charge in [0.15, 0.2) is 11.5 Å². The second-order valence-corrected chi connectivity index (χ2v) is 12.2. The molecular formula is C35H43N9O5S. The average Bonchev–Trinajstić information content (AvgIpc) is 3.52. The van der Waals surface area contributed by atoms with Gasteiger partial charge in [0.1, 0.15) is 46.5 Å². The number of hydrogen-bond acceptors (Lipinski definition) is 15. The van der Waals surface area contributed by atoms with Gasteiger partial charge >= 0.3 is 0 Å². The fourth-order valence-electron chi connectivity index (χ4n) is 5.28. The number of ether oxygens (including phenoxy) is 5. The highest BCUT2D eigenvalue weighted by molar-refractivity contribution is 7.15. The molecular weight excluding hydrogens is 659 g/mol. The first kappa shape index (κ1) is 36.2. The zero-order chi connectivity index (χ0) is 35.3. The summed E-state index contributed by atoms with van der Waals surface area (Å²) < 4.78 is 27.8. The van der Waals surface area contributed by atoms with Crippen LogP contribution in [0.5, 0.6) is 11.5 Å². The molecule has 0 saturated carbocycles. The van der Waals surface area contributed by atoms with Crippen LogP contribution in [-0.4, -0.2) is 78.8 Å². The number of anilines is 4. The number of aromatic nitrogens is 5. The SMILES string of the molecule is COCCOCCOCCOc1cc(-c2nc(CCc3nc(N)cc(N)n3)c(C(Cc3nc(N)cc(N)n3)c3ccccc3)s2)ccc1OC. The monoisotopic (exact) mass is 701 g/mol. The predicted molar refractivity (Wildman–Crippen MR) is 194 cm³/mol. The van der Waals surface area contributed by atoms with Crippen LogP contribution in [0, 0.1) is 0 Å². The quantitative estimate of drug-likeness (QED) is 0.0898. The van der Waals surface area contributed by atoms with E-state index in [-0.39, 0.29) is 5.92 Å². The van der Waals surface area contributed by atoms with Crippen molar-refractivity contribution in [1.82, 2.24) is 24.9 Å². The predicted octanol–water partition coefficient (Wildman–Crippen LogP) is 3.95. The lowest BCUT2D eigenvalue weighted by molar-refractivity contribution is 0.0178. The molecule has 8 N–H and O–H groups in total. The fourth-order valence-corrected chi connectivity index (χ4v) is 6.51. The van der Waals surface area contributed by atoms with Crippen molar-refractivity contribution < 1.29 is 23.7 Å². The fraction of sp³-hybridized carbons (Fsp3) is 0.343. The first-order chi connectivity index (χ1) is 24.3. The Morgan fingerprint density at radius 3 is 1.90 bits per heavy atom. The molecule has 0 spiro atoms. The Morgan fingerprint density at radius 1 is 0.640 bits per heavy atom. The molecule has 50 heavy (non-hydrogen) atoms. The number of nitrogens with zero attached hydrogens (tertiary/aromatic N) is 5. The molecule has 0 aliphatic heterocycles. The molecule has 0 amide bonds. The van der Waals surface area contributed by atoms with E-state index in [2.05, 4.69) is 32.1 Å². The molecule has 1 unspecified atom stereocenters. The standard InChI is InChI=1S/C35H43N9O5S/c1-45-12-13-47-14-15-48-16-17-49-27-18-23(8-10-26(27)46-2)35-40-25(9-11-32-41-28(36)20-29(37)42-32)34(50-35)24(22-6-4-3-5-7-22)19-33-43-30(38)21-31(39)44-33/h3-8,10,18,20-21,24H,9,11-17,19H2,1-2H3,(H4,36,37,41,42)(H4,38,39,43,44). The van der Waals surface area contributed by atoms with Crippen LogP contribution in [-0.2, 0) is 33.5 Å². The Balaban J connectivity index is 1.45. The summed E-state index contributed by atoms with van der Waals surface area (Å²) in [7, 11) is 3.24. The Hall–Kier alpha value is -5.09. The second kappa shape index (κ2) is 18.1. The summed E-state index contributed by atoms with van der Waals surface area (Å²) in [4.78, 5) is 24.0. The Labute approximate surface area is 295 Å². The number of rotatable bonds is 19. The summed E-state index contributed by atoms with van der Waals surface area (Å²) in [5.74, 6) is 3.35. The Morgan fingerprint density at radius 2 is 1.26 bits per heavy atom. The minimum Gasteiger partial charge on any atom is -0.493 e. The normalized spacial score (nSPS) is 11.8. The molecule has 1 atom stereocenters. The minimum absolute atomic E-state index is 0.157. The van der Waals surface area contributed by atoms with E-state index >= 15 is 0 Å². The van der Waals surface area contributed by atoms with Gasteiger partial charge in [0.05, 0.1) is 45.8 Å². The molecule has 5 rings (SSSR count). The second-order valence-electron chi connectivity index (χ2n) is 11.2. The highest BCUT2D eigenvalue weighted by Crippen LogP contribution is 2.40. The Bertz CT molecular complexity index is 1790. The van der Waals surface area contributed by atoms with Gasteiger partial charge in [-0.05, 0) is 30.2 Å². The lowest BCUT2D eigenvalue weighted by Crippen LogP contribution is -2.12. The number of aryl methyl sites for hydroxylation is 2. The van der Waals surface area contributed by atoms with Gasteiger partial charge < -0.3 is 46.6 Å². The molecule has 0 saturated heterocycles. The largest absolute Gasteiger partial charge is 0.493 e. The number of nitrogen functional groups attached to an aromatic ring is 4. The molecule has 0 radical (unpaired) electrons. The number of methoxy groups -OCH3 is 2. The van der Waals surface area contributed by atoms with Crippen LogP contribution in [0.15, 0.2) is 60.7 Å². The molecule has 0 aliphatic carbocycles. The van der Waals surface area contributed by atoms with Crippen molar-refractivity contribution in [3.63, 3.8) is 0 Å². The van der Waals surface area contributed by atoms with Crippen LogP contribution in [0.25, 0.3) is 10.6 Å². The summed E-state index contributed by atoms with van der Waals surface area (Å²) in [6, 6.07) is 19.0. The molecule has 3 heterocycles. The molecule has 15 heteroatoms. The maximum atomic E-state index is 6.10. The number of nitrogens with two attached hydrogens (primary N) is 4. The summed E-state index contributed by atoms with van der Waals surface area (Å²) in [5, 5.41) is 0.800. The zero-order valence-corrected chi connectivity index (χ0v) is 29.0. The van der Waals surface area contributed by atoms with Gasteiger partial charge in [0, 0.05) is 48.4 Å². The topological polar surface area (TPSA) is 215 Å². The van der Waals surface area contributed by atoms with E-state index in [4.69, 9.17) is 51.6 Å². The highest BCUT2D eigenvalue weighted by Gasteiger charge is 2.25. The molecule has 14 nitrogen and oxygen atoms in total. The van der Waals surface area contributed by atoms with Gasteiger partial charge in [-0.15, -0.1) is 11.3 Å². The van der Waals surface area contributed by atoms with E-state index in [1.54, 1.807) is 31.6 Å². The van der Waals surface area contributed by atoms with Gasteiger partial charge in [-0.3, -0.25) is 0 Å². The van der Waals surface area contributed by atoms with Gasteiger partial charge in [0.2, 0.25) is 0 Å². The lowest BCUT2D eigenvalue weighted by Gasteiger charge is -2.17. The summed E-state index contributed by atoms with van der Waals surface area (Å²) >= 11 is 1.59. The third-order valence-corrected chi connectivity index (χ3v) is 8.80. The molecule has 0 aliphatic rings. The molecule has 264 valence electrons. The third-order valence-electron chi connectivity index (χ3n) is 7.54. The Kier molecular flexibility index (Phi) is 13.1. The molecule has 0 fully saturated rings. The summed E-state index contributed by atoms with van der Waals surface area (Å²) in [5.41, 5.74) is 26.9. The summed E-state index contributed by atoms with van der Waals surface area (Å²) in [6.45, 7) is 2.73. The van der Waals surface area contributed by atoms with Crippen molar-refractivity contribution in [2.45, 2.75) is 25.2 Å². The van der Waals surface area contributed by atoms with Crippen molar-refractivity contribution in [1.29, 1.82) is 0 Å². The highest BCUT2D eigenvalue weighted by atomic mass is 32.1. The van der Waals surface area contributed by atoms with Crippen molar-refractivity contribution in [2.75, 3.05) is 76.8 Å². The van der Waals surface area contributed by atoms with Gasteiger partial charge in [-0.1, -0.05) is 30.3 Å². The number of benzene rings is 2. The van der Waals surface area contributed by atoms with E-state index in [0.29, 0.717) is 105 Å². The molecule has 3 aromatic heterocycles. The van der Waals surface area contributed by atoms with Crippen LogP contribution < -0.4 is 32.4 Å². The third kappa shape index (κ3) is 10.2. The van der Waals surface area contributed by atoms with E-state index in [1.165, 1.54) is 6.07 Å². The maximum Gasteiger partial charge on any atom is 0.161 e. The lowest BCUT2D eigenvalue weighted by atomic mass is 9.92. The van der Waals surface area contributed by atoms with E-state index < -0.39 is 0 Å². The van der Waals surface area contributed by atoms with Gasteiger partial charge in [-0.25, -0.2) is 24.9 Å². The van der Waals surface area contributed by atoms with Crippen LogP contribution in [0.2, 0.25) is 0 Å². The zero-order valence-electron chi connectivity index (χ0n) is 28.2. The van der Waals surface area contributed by atoms with Crippen molar-refractivity contribution in [2.24, 2.45) is 0 Å². The van der Waals surface area contributed by atoms with Crippen molar-refractivity contribution in [3.8, 4) is 22.1 Å².